The average molecular weight is 310 g/mol. The van der Waals surface area contributed by atoms with E-state index >= 15 is 0 Å². The Bertz CT molecular complexity index is 722. The molecule has 0 bridgehead atoms. The molecule has 0 fully saturated rings. The number of amides is 1. The maximum atomic E-state index is 12.5. The van der Waals surface area contributed by atoms with Crippen LogP contribution < -0.4 is 5.32 Å². The van der Waals surface area contributed by atoms with Crippen LogP contribution in [0.25, 0.3) is 5.65 Å². The molecule has 0 radical (unpaired) electrons. The van der Waals surface area contributed by atoms with Gasteiger partial charge in [0.25, 0.3) is 5.91 Å². The predicted molar refractivity (Wildman–Crippen MR) is 78.8 cm³/mol. The molecular formula is C14H16ClN3O3. The van der Waals surface area contributed by atoms with Gasteiger partial charge in [-0.05, 0) is 32.4 Å². The van der Waals surface area contributed by atoms with Gasteiger partial charge in [-0.1, -0.05) is 18.5 Å². The molecule has 0 atom stereocenters. The lowest BCUT2D eigenvalue weighted by molar-refractivity contribution is -0.143. The number of imidazole rings is 1. The van der Waals surface area contributed by atoms with Crippen molar-refractivity contribution in [2.75, 3.05) is 0 Å². The van der Waals surface area contributed by atoms with E-state index < -0.39 is 17.4 Å². The first-order valence-corrected chi connectivity index (χ1v) is 6.86. The van der Waals surface area contributed by atoms with Crippen molar-refractivity contribution in [1.82, 2.24) is 14.7 Å². The first-order chi connectivity index (χ1) is 9.76. The lowest BCUT2D eigenvalue weighted by atomic mass is 10.1. The topological polar surface area (TPSA) is 83.7 Å². The van der Waals surface area contributed by atoms with E-state index in [4.69, 9.17) is 16.7 Å². The number of pyridine rings is 1. The van der Waals surface area contributed by atoms with Gasteiger partial charge < -0.3 is 10.4 Å². The van der Waals surface area contributed by atoms with Gasteiger partial charge in [0.2, 0.25) is 0 Å². The Labute approximate surface area is 126 Å². The number of carboxylic acids is 1. The summed E-state index contributed by atoms with van der Waals surface area (Å²) in [5.74, 6) is -1.60. The zero-order valence-corrected chi connectivity index (χ0v) is 12.7. The van der Waals surface area contributed by atoms with E-state index in [-0.39, 0.29) is 0 Å². The Hall–Kier alpha value is -2.08. The van der Waals surface area contributed by atoms with Gasteiger partial charge in [-0.3, -0.25) is 9.20 Å². The summed E-state index contributed by atoms with van der Waals surface area (Å²) in [6, 6.07) is 3.40. The van der Waals surface area contributed by atoms with Crippen molar-refractivity contribution in [3.8, 4) is 0 Å². The predicted octanol–water partition coefficient (Wildman–Crippen LogP) is 2.14. The van der Waals surface area contributed by atoms with Crippen molar-refractivity contribution < 1.29 is 14.7 Å². The number of aromatic nitrogens is 2. The summed E-state index contributed by atoms with van der Waals surface area (Å²) >= 11 is 5.96. The molecule has 1 amide bonds. The molecule has 0 aromatic carbocycles. The monoisotopic (exact) mass is 309 g/mol. The highest BCUT2D eigenvalue weighted by Crippen LogP contribution is 2.18. The van der Waals surface area contributed by atoms with Crippen LogP contribution in [0.15, 0.2) is 18.3 Å². The van der Waals surface area contributed by atoms with E-state index in [1.54, 1.807) is 22.7 Å². The molecule has 0 unspecified atom stereocenters. The molecule has 6 nitrogen and oxygen atoms in total. The van der Waals surface area contributed by atoms with E-state index in [2.05, 4.69) is 10.3 Å². The molecule has 2 aromatic heterocycles. The molecule has 0 saturated heterocycles. The fraction of sp³-hybridized carbons (Fsp3) is 0.357. The fourth-order valence-electron chi connectivity index (χ4n) is 1.95. The van der Waals surface area contributed by atoms with Crippen molar-refractivity contribution in [2.45, 2.75) is 32.7 Å². The molecule has 112 valence electrons. The van der Waals surface area contributed by atoms with Crippen molar-refractivity contribution in [3.63, 3.8) is 0 Å². The van der Waals surface area contributed by atoms with E-state index in [1.807, 2.05) is 6.92 Å². The number of nitrogens with zero attached hydrogens (tertiary/aromatic N) is 2. The minimum atomic E-state index is -1.37. The molecular weight excluding hydrogens is 294 g/mol. The van der Waals surface area contributed by atoms with E-state index in [0.717, 1.165) is 0 Å². The first kappa shape index (κ1) is 15.3. The molecule has 0 aliphatic carbocycles. The number of hydrogen-bond donors (Lipinski definition) is 2. The number of carboxylic acid groups (broad SMARTS) is 1. The highest BCUT2D eigenvalue weighted by Gasteiger charge is 2.31. The van der Waals surface area contributed by atoms with Gasteiger partial charge >= 0.3 is 5.97 Å². The number of halogens is 1. The molecule has 0 saturated carbocycles. The SMILES string of the molecule is CCc1nc2ccc(Cl)cn2c1C(=O)NC(C)(C)C(=O)O. The normalized spacial score (nSPS) is 11.6. The molecule has 2 aromatic rings. The third kappa shape index (κ3) is 2.85. The standard InChI is InChI=1S/C14H16ClN3O3/c1-4-9-11(12(19)17-14(2,3)13(20)21)18-7-8(15)5-6-10(18)16-9/h5-7H,4H2,1-3H3,(H,17,19)(H,20,21). The quantitative estimate of drug-likeness (QED) is 0.906. The smallest absolute Gasteiger partial charge is 0.328 e. The van der Waals surface area contributed by atoms with E-state index in [1.165, 1.54) is 13.8 Å². The number of carbonyl (C=O) groups excluding carboxylic acids is 1. The van der Waals surface area contributed by atoms with E-state index in [9.17, 15) is 9.59 Å². The van der Waals surface area contributed by atoms with Gasteiger partial charge in [0, 0.05) is 6.20 Å². The van der Waals surface area contributed by atoms with Crippen molar-refractivity contribution in [1.29, 1.82) is 0 Å². The van der Waals surface area contributed by atoms with Gasteiger partial charge in [0.1, 0.15) is 16.9 Å². The second kappa shape index (κ2) is 5.37. The summed E-state index contributed by atoms with van der Waals surface area (Å²) in [6.07, 6.45) is 2.14. The van der Waals surface area contributed by atoms with Crippen LogP contribution in [0.5, 0.6) is 0 Å². The van der Waals surface area contributed by atoms with Crippen LogP contribution in [0.2, 0.25) is 5.02 Å². The first-order valence-electron chi connectivity index (χ1n) is 6.48. The lowest BCUT2D eigenvalue weighted by Crippen LogP contribution is -2.50. The lowest BCUT2D eigenvalue weighted by Gasteiger charge is -2.21. The highest BCUT2D eigenvalue weighted by atomic mass is 35.5. The number of hydrogen-bond acceptors (Lipinski definition) is 3. The zero-order valence-electron chi connectivity index (χ0n) is 12.0. The Morgan fingerprint density at radius 3 is 2.67 bits per heavy atom. The van der Waals surface area contributed by atoms with Gasteiger partial charge in [0.05, 0.1) is 10.7 Å². The van der Waals surface area contributed by atoms with Crippen LogP contribution >= 0.6 is 11.6 Å². The number of carbonyl (C=O) groups is 2. The highest BCUT2D eigenvalue weighted by molar-refractivity contribution is 6.30. The second-order valence-corrected chi connectivity index (χ2v) is 5.66. The molecule has 7 heteroatoms. The Kier molecular flexibility index (Phi) is 3.91. The molecule has 2 N–H and O–H groups in total. The van der Waals surface area contributed by atoms with Crippen LogP contribution in [-0.2, 0) is 11.2 Å². The van der Waals surface area contributed by atoms with Crippen molar-refractivity contribution in [2.24, 2.45) is 0 Å². The number of aryl methyl sites for hydroxylation is 1. The third-order valence-electron chi connectivity index (χ3n) is 3.17. The van der Waals surface area contributed by atoms with Crippen molar-refractivity contribution in [3.05, 3.63) is 34.7 Å². The van der Waals surface area contributed by atoms with Crippen LogP contribution in [0.3, 0.4) is 0 Å². The largest absolute Gasteiger partial charge is 0.480 e. The van der Waals surface area contributed by atoms with E-state index in [0.29, 0.717) is 28.5 Å². The number of nitrogens with one attached hydrogen (secondary N) is 1. The molecule has 0 aliphatic heterocycles. The fourth-order valence-corrected chi connectivity index (χ4v) is 2.11. The van der Waals surface area contributed by atoms with Gasteiger partial charge in [0.15, 0.2) is 0 Å². The molecule has 0 aliphatic rings. The third-order valence-corrected chi connectivity index (χ3v) is 3.39. The minimum absolute atomic E-state index is 0.310. The second-order valence-electron chi connectivity index (χ2n) is 5.22. The molecule has 2 heterocycles. The number of fused-ring (bicyclic) bond motifs is 1. The number of rotatable bonds is 4. The zero-order chi connectivity index (χ0) is 15.8. The molecule has 21 heavy (non-hydrogen) atoms. The van der Waals surface area contributed by atoms with Crippen LogP contribution in [0.1, 0.15) is 37.0 Å². The Balaban J connectivity index is 2.52. The number of aliphatic carboxylic acids is 1. The molecule has 0 spiro atoms. The Morgan fingerprint density at radius 2 is 2.10 bits per heavy atom. The summed E-state index contributed by atoms with van der Waals surface area (Å²) in [4.78, 5) is 28.0. The van der Waals surface area contributed by atoms with Gasteiger partial charge in [-0.25, -0.2) is 9.78 Å². The van der Waals surface area contributed by atoms with Gasteiger partial charge in [-0.2, -0.15) is 0 Å². The summed E-state index contributed by atoms with van der Waals surface area (Å²) in [5.41, 5.74) is 0.125. The summed E-state index contributed by atoms with van der Waals surface area (Å²) in [7, 11) is 0. The van der Waals surface area contributed by atoms with Crippen molar-refractivity contribution >= 4 is 29.1 Å². The Morgan fingerprint density at radius 1 is 1.43 bits per heavy atom. The average Bonchev–Trinajstić information content (AvgIpc) is 2.75. The summed E-state index contributed by atoms with van der Waals surface area (Å²) in [5, 5.41) is 12.1. The van der Waals surface area contributed by atoms with Gasteiger partial charge in [-0.15, -0.1) is 0 Å². The van der Waals surface area contributed by atoms with Crippen LogP contribution in [0.4, 0.5) is 0 Å². The molecule has 2 rings (SSSR count). The summed E-state index contributed by atoms with van der Waals surface area (Å²) < 4.78 is 1.58. The maximum absolute atomic E-state index is 12.5. The summed E-state index contributed by atoms with van der Waals surface area (Å²) in [6.45, 7) is 4.73. The van der Waals surface area contributed by atoms with Crippen LogP contribution in [-0.4, -0.2) is 31.9 Å². The minimum Gasteiger partial charge on any atom is -0.480 e. The maximum Gasteiger partial charge on any atom is 0.328 e. The van der Waals surface area contributed by atoms with Crippen LogP contribution in [0, 0.1) is 0 Å².